The first kappa shape index (κ1) is 14.0. The Hall–Kier alpha value is -2.62. The smallest absolute Gasteiger partial charge is 0.324 e. The quantitative estimate of drug-likeness (QED) is 0.846. The molecule has 7 nitrogen and oxygen atoms in total. The van der Waals surface area contributed by atoms with Crippen LogP contribution >= 0.6 is 0 Å². The van der Waals surface area contributed by atoms with Gasteiger partial charge in [-0.05, 0) is 43.2 Å². The number of hydrogen-bond acceptors (Lipinski definition) is 5. The van der Waals surface area contributed by atoms with Crippen LogP contribution in [0.15, 0.2) is 18.3 Å². The fourth-order valence-electron chi connectivity index (χ4n) is 3.98. The second-order valence-corrected chi connectivity index (χ2v) is 6.60. The number of rotatable bonds is 3. The molecule has 4 rings (SSSR count). The zero-order chi connectivity index (χ0) is 16.0. The fraction of sp³-hybridized carbons (Fsp3) is 0.500. The molecule has 0 radical (unpaired) electrons. The van der Waals surface area contributed by atoms with Crippen LogP contribution in [0.4, 0.5) is 4.79 Å². The molecule has 1 N–H and O–H groups in total. The van der Waals surface area contributed by atoms with Crippen LogP contribution in [0.5, 0.6) is 5.88 Å². The highest BCUT2D eigenvalue weighted by Gasteiger charge is 2.57. The normalized spacial score (nSPS) is 32.0. The second-order valence-electron chi connectivity index (χ2n) is 6.60. The summed E-state index contributed by atoms with van der Waals surface area (Å²) in [5.41, 5.74) is 0.624. The van der Waals surface area contributed by atoms with Crippen LogP contribution in [-0.4, -0.2) is 40.5 Å². The van der Waals surface area contributed by atoms with Gasteiger partial charge in [0.1, 0.15) is 17.7 Å². The van der Waals surface area contributed by atoms with E-state index in [1.165, 1.54) is 4.90 Å². The zero-order valence-corrected chi connectivity index (χ0v) is 12.5. The Morgan fingerprint density at radius 3 is 2.78 bits per heavy atom. The average molecular weight is 312 g/mol. The Kier molecular flexibility index (Phi) is 3.01. The number of nitrogens with one attached hydrogen (secondary N) is 1. The van der Waals surface area contributed by atoms with E-state index >= 15 is 0 Å². The van der Waals surface area contributed by atoms with Crippen LogP contribution in [0.3, 0.4) is 0 Å². The van der Waals surface area contributed by atoms with Crippen molar-refractivity contribution in [1.29, 1.82) is 5.26 Å². The SMILES string of the molecule is N#Cc1cccnc1O[C@H]1CC2(C1)C[C@H](N1C(=O)CNC1=O)C2. The monoisotopic (exact) mass is 312 g/mol. The van der Waals surface area contributed by atoms with Crippen LogP contribution < -0.4 is 10.1 Å². The highest BCUT2D eigenvalue weighted by molar-refractivity contribution is 6.02. The molecule has 118 valence electrons. The van der Waals surface area contributed by atoms with Gasteiger partial charge in [-0.25, -0.2) is 9.78 Å². The van der Waals surface area contributed by atoms with Gasteiger partial charge in [-0.2, -0.15) is 5.26 Å². The lowest BCUT2D eigenvalue weighted by atomic mass is 9.52. The van der Waals surface area contributed by atoms with Gasteiger partial charge in [0.15, 0.2) is 0 Å². The molecule has 1 spiro atoms. The molecular formula is C16H16N4O3. The highest BCUT2D eigenvalue weighted by Crippen LogP contribution is 2.58. The van der Waals surface area contributed by atoms with Gasteiger partial charge in [-0.1, -0.05) is 0 Å². The number of ether oxygens (including phenoxy) is 1. The number of nitriles is 1. The standard InChI is InChI=1S/C16H16N4O3/c17-8-10-2-1-3-18-14(10)23-12-6-16(7-12)4-11(5-16)20-13(21)9-19-15(20)22/h1-3,11-12H,4-7,9H2,(H,19,22)/t11-,12-,16?. The Bertz CT molecular complexity index is 696. The summed E-state index contributed by atoms with van der Waals surface area (Å²) >= 11 is 0. The van der Waals surface area contributed by atoms with E-state index in [0.29, 0.717) is 11.4 Å². The predicted octanol–water partition coefficient (Wildman–Crippen LogP) is 1.20. The minimum Gasteiger partial charge on any atom is -0.473 e. The molecule has 1 aliphatic heterocycles. The Labute approximate surface area is 133 Å². The van der Waals surface area contributed by atoms with E-state index in [0.717, 1.165) is 25.7 Å². The van der Waals surface area contributed by atoms with Crippen LogP contribution in [0.1, 0.15) is 31.2 Å². The molecule has 0 aromatic carbocycles. The lowest BCUT2D eigenvalue weighted by Crippen LogP contribution is -2.60. The Balaban J connectivity index is 1.32. The number of aromatic nitrogens is 1. The number of carbonyl (C=O) groups is 2. The van der Waals surface area contributed by atoms with Crippen LogP contribution in [0.25, 0.3) is 0 Å². The number of pyridine rings is 1. The van der Waals surface area contributed by atoms with Gasteiger partial charge in [0, 0.05) is 12.2 Å². The molecular weight excluding hydrogens is 296 g/mol. The van der Waals surface area contributed by atoms with Gasteiger partial charge in [-0.3, -0.25) is 9.69 Å². The lowest BCUT2D eigenvalue weighted by molar-refractivity contribution is -0.138. The van der Waals surface area contributed by atoms with Gasteiger partial charge in [0.05, 0.1) is 6.54 Å². The average Bonchev–Trinajstić information content (AvgIpc) is 2.80. The van der Waals surface area contributed by atoms with Crippen molar-refractivity contribution in [3.05, 3.63) is 23.9 Å². The number of amides is 3. The highest BCUT2D eigenvalue weighted by atomic mass is 16.5. The van der Waals surface area contributed by atoms with Gasteiger partial charge >= 0.3 is 6.03 Å². The first-order valence-electron chi connectivity index (χ1n) is 7.72. The number of carbonyl (C=O) groups excluding carboxylic acids is 2. The summed E-state index contributed by atoms with van der Waals surface area (Å²) in [6, 6.07) is 5.23. The molecule has 2 aliphatic carbocycles. The summed E-state index contributed by atoms with van der Waals surface area (Å²) < 4.78 is 5.81. The van der Waals surface area contributed by atoms with E-state index in [1.807, 2.05) is 0 Å². The number of imide groups is 1. The van der Waals surface area contributed by atoms with E-state index < -0.39 is 0 Å². The van der Waals surface area contributed by atoms with Gasteiger partial charge in [-0.15, -0.1) is 0 Å². The molecule has 0 atom stereocenters. The number of nitrogens with zero attached hydrogens (tertiary/aromatic N) is 3. The van der Waals surface area contributed by atoms with Gasteiger partial charge in [0.25, 0.3) is 0 Å². The first-order chi connectivity index (χ1) is 11.1. The molecule has 1 aromatic heterocycles. The van der Waals surface area contributed by atoms with E-state index in [-0.39, 0.29) is 36.0 Å². The maximum Gasteiger partial charge on any atom is 0.324 e. The van der Waals surface area contributed by atoms with Crippen molar-refractivity contribution in [2.75, 3.05) is 6.54 Å². The number of hydrogen-bond donors (Lipinski definition) is 1. The molecule has 0 bridgehead atoms. The van der Waals surface area contributed by atoms with Gasteiger partial charge < -0.3 is 10.1 Å². The van der Waals surface area contributed by atoms with Gasteiger partial charge in [0.2, 0.25) is 11.8 Å². The Morgan fingerprint density at radius 1 is 1.35 bits per heavy atom. The minimum atomic E-state index is -0.269. The molecule has 23 heavy (non-hydrogen) atoms. The molecule has 2 heterocycles. The largest absolute Gasteiger partial charge is 0.473 e. The van der Waals surface area contributed by atoms with Crippen molar-refractivity contribution < 1.29 is 14.3 Å². The zero-order valence-electron chi connectivity index (χ0n) is 12.5. The van der Waals surface area contributed by atoms with Crippen molar-refractivity contribution in [3.63, 3.8) is 0 Å². The Morgan fingerprint density at radius 2 is 2.13 bits per heavy atom. The van der Waals surface area contributed by atoms with E-state index in [2.05, 4.69) is 16.4 Å². The van der Waals surface area contributed by atoms with Crippen LogP contribution in [0, 0.1) is 16.7 Å². The van der Waals surface area contributed by atoms with Crippen LogP contribution in [-0.2, 0) is 4.79 Å². The third-order valence-electron chi connectivity index (χ3n) is 5.07. The summed E-state index contributed by atoms with van der Waals surface area (Å²) in [5.74, 6) is 0.258. The lowest BCUT2D eigenvalue weighted by Gasteiger charge is -2.58. The number of urea groups is 1. The maximum absolute atomic E-state index is 11.7. The van der Waals surface area contributed by atoms with E-state index in [9.17, 15) is 9.59 Å². The molecule has 3 amide bonds. The third-order valence-corrected chi connectivity index (χ3v) is 5.07. The van der Waals surface area contributed by atoms with E-state index in [4.69, 9.17) is 10.00 Å². The fourth-order valence-corrected chi connectivity index (χ4v) is 3.98. The summed E-state index contributed by atoms with van der Waals surface area (Å²) in [4.78, 5) is 28.8. The maximum atomic E-state index is 11.7. The second kappa shape index (κ2) is 4.95. The van der Waals surface area contributed by atoms with Crippen LogP contribution in [0.2, 0.25) is 0 Å². The topological polar surface area (TPSA) is 95.3 Å². The van der Waals surface area contributed by atoms with Crippen molar-refractivity contribution in [1.82, 2.24) is 15.2 Å². The van der Waals surface area contributed by atoms with Crippen molar-refractivity contribution in [3.8, 4) is 11.9 Å². The predicted molar refractivity (Wildman–Crippen MR) is 78.3 cm³/mol. The van der Waals surface area contributed by atoms with Crippen molar-refractivity contribution in [2.45, 2.75) is 37.8 Å². The molecule has 1 aromatic rings. The summed E-state index contributed by atoms with van der Waals surface area (Å²) in [7, 11) is 0. The van der Waals surface area contributed by atoms with Crippen molar-refractivity contribution in [2.24, 2.45) is 5.41 Å². The minimum absolute atomic E-state index is 0.0236. The molecule has 0 unspecified atom stereocenters. The summed E-state index contributed by atoms with van der Waals surface area (Å²) in [6.45, 7) is 0.116. The van der Waals surface area contributed by atoms with E-state index in [1.54, 1.807) is 18.3 Å². The summed E-state index contributed by atoms with van der Waals surface area (Å²) in [6.07, 6.45) is 5.13. The molecule has 3 fully saturated rings. The molecule has 2 saturated carbocycles. The third kappa shape index (κ3) is 2.22. The molecule has 7 heteroatoms. The summed E-state index contributed by atoms with van der Waals surface area (Å²) in [5, 5.41) is 11.6. The van der Waals surface area contributed by atoms with Crippen molar-refractivity contribution >= 4 is 11.9 Å². The molecule has 1 saturated heterocycles. The molecule has 3 aliphatic rings. The first-order valence-corrected chi connectivity index (χ1v) is 7.72.